The average Bonchev–Trinajstić information content (AvgIpc) is 3.12. The Kier molecular flexibility index (Phi) is 6.58. The van der Waals surface area contributed by atoms with Crippen LogP contribution in [0.1, 0.15) is 44.6 Å². The van der Waals surface area contributed by atoms with E-state index in [1.165, 1.54) is 0 Å². The predicted molar refractivity (Wildman–Crippen MR) is 119 cm³/mol. The summed E-state index contributed by atoms with van der Waals surface area (Å²) in [5, 5.41) is 16.6. The quantitative estimate of drug-likeness (QED) is 0.442. The third kappa shape index (κ3) is 4.68. The lowest BCUT2D eigenvalue weighted by Crippen LogP contribution is -2.55. The number of nitrogens with zero attached hydrogens (tertiary/aromatic N) is 1. The molecule has 4 N–H and O–H groups in total. The summed E-state index contributed by atoms with van der Waals surface area (Å²) in [5.74, 6) is -2.59. The number of pyridine rings is 1. The zero-order valence-corrected chi connectivity index (χ0v) is 18.1. The van der Waals surface area contributed by atoms with E-state index in [0.717, 1.165) is 21.8 Å². The molecule has 2 amide bonds. The van der Waals surface area contributed by atoms with E-state index in [1.54, 1.807) is 33.0 Å². The van der Waals surface area contributed by atoms with Gasteiger partial charge in [-0.15, -0.1) is 0 Å². The fraction of sp³-hybridized carbons (Fsp3) is 0.391. The van der Waals surface area contributed by atoms with Crippen molar-refractivity contribution in [2.75, 3.05) is 0 Å². The monoisotopic (exact) mass is 424 g/mol. The van der Waals surface area contributed by atoms with Crippen molar-refractivity contribution in [1.29, 1.82) is 0 Å². The first-order valence-electron chi connectivity index (χ1n) is 10.4. The van der Waals surface area contributed by atoms with Crippen LogP contribution in [0.3, 0.4) is 0 Å². The van der Waals surface area contributed by atoms with E-state index in [9.17, 15) is 19.5 Å². The lowest BCUT2D eigenvalue weighted by Gasteiger charge is -2.26. The molecule has 2 heterocycles. The van der Waals surface area contributed by atoms with Gasteiger partial charge in [0.05, 0.1) is 11.7 Å². The number of hydrogen-bond acceptors (Lipinski definition) is 4. The van der Waals surface area contributed by atoms with E-state index in [0.29, 0.717) is 6.42 Å². The fourth-order valence-corrected chi connectivity index (χ4v) is 3.55. The Hall–Kier alpha value is -3.42. The van der Waals surface area contributed by atoms with Gasteiger partial charge in [0, 0.05) is 16.3 Å². The van der Waals surface area contributed by atoms with Crippen molar-refractivity contribution in [2.24, 2.45) is 11.8 Å². The fourth-order valence-electron chi connectivity index (χ4n) is 3.55. The minimum atomic E-state index is -1.09. The largest absolute Gasteiger partial charge is 0.480 e. The highest BCUT2D eigenvalue weighted by atomic mass is 16.4. The minimum absolute atomic E-state index is 0.187. The molecule has 0 spiro atoms. The number of nitrogens with one attached hydrogen (secondary N) is 3. The molecule has 3 aromatic rings. The van der Waals surface area contributed by atoms with E-state index in [4.69, 9.17) is 0 Å². The number of H-pyrrole nitrogens is 1. The molecule has 8 nitrogen and oxygen atoms in total. The zero-order chi connectivity index (χ0) is 22.7. The molecule has 164 valence electrons. The SMILES string of the molecule is CCC(C)C(NC(=O)C(NC(=O)c1cc2c(cn1)[nH]c1ccccc12)C(C)C)C(=O)O. The molecule has 0 aliphatic rings. The van der Waals surface area contributed by atoms with Gasteiger partial charge >= 0.3 is 5.97 Å². The number of carboxylic acid groups (broad SMARTS) is 1. The summed E-state index contributed by atoms with van der Waals surface area (Å²) in [6.07, 6.45) is 2.20. The molecular weight excluding hydrogens is 396 g/mol. The van der Waals surface area contributed by atoms with Gasteiger partial charge in [0.25, 0.3) is 5.91 Å². The molecule has 2 aromatic heterocycles. The van der Waals surface area contributed by atoms with Crippen LogP contribution >= 0.6 is 0 Å². The number of hydrogen-bond donors (Lipinski definition) is 4. The Morgan fingerprint density at radius 1 is 1.03 bits per heavy atom. The second-order valence-electron chi connectivity index (χ2n) is 8.19. The average molecular weight is 425 g/mol. The summed E-state index contributed by atoms with van der Waals surface area (Å²) >= 11 is 0. The molecule has 0 bridgehead atoms. The maximum Gasteiger partial charge on any atom is 0.326 e. The third-order valence-corrected chi connectivity index (χ3v) is 5.64. The van der Waals surface area contributed by atoms with Crippen LogP contribution in [0.25, 0.3) is 21.8 Å². The van der Waals surface area contributed by atoms with Crippen LogP contribution in [0.2, 0.25) is 0 Å². The van der Waals surface area contributed by atoms with E-state index in [1.807, 2.05) is 31.2 Å². The maximum atomic E-state index is 12.9. The molecule has 3 rings (SSSR count). The number of carboxylic acids is 1. The lowest BCUT2D eigenvalue weighted by atomic mass is 9.97. The molecule has 0 aliphatic heterocycles. The summed E-state index contributed by atoms with van der Waals surface area (Å²) in [5.41, 5.74) is 1.95. The second-order valence-corrected chi connectivity index (χ2v) is 8.19. The van der Waals surface area contributed by atoms with Gasteiger partial charge in [-0.05, 0) is 24.0 Å². The zero-order valence-electron chi connectivity index (χ0n) is 18.1. The summed E-state index contributed by atoms with van der Waals surface area (Å²) in [4.78, 5) is 44.8. The number of amides is 2. The molecular formula is C23H28N4O4. The van der Waals surface area contributed by atoms with Gasteiger partial charge in [0.1, 0.15) is 17.8 Å². The van der Waals surface area contributed by atoms with E-state index < -0.39 is 29.9 Å². The topological polar surface area (TPSA) is 124 Å². The van der Waals surface area contributed by atoms with Crippen molar-refractivity contribution in [3.05, 3.63) is 42.2 Å². The molecule has 0 aliphatic carbocycles. The lowest BCUT2D eigenvalue weighted by molar-refractivity contribution is -0.143. The van der Waals surface area contributed by atoms with E-state index >= 15 is 0 Å². The minimum Gasteiger partial charge on any atom is -0.480 e. The number of para-hydroxylation sites is 1. The van der Waals surface area contributed by atoms with Gasteiger partial charge in [-0.3, -0.25) is 9.59 Å². The molecule has 1 aromatic carbocycles. The smallest absolute Gasteiger partial charge is 0.326 e. The summed E-state index contributed by atoms with van der Waals surface area (Å²) in [7, 11) is 0. The van der Waals surface area contributed by atoms with Gasteiger partial charge in [0.15, 0.2) is 0 Å². The highest BCUT2D eigenvalue weighted by Crippen LogP contribution is 2.25. The van der Waals surface area contributed by atoms with E-state index in [2.05, 4.69) is 20.6 Å². The number of aromatic nitrogens is 2. The van der Waals surface area contributed by atoms with Crippen molar-refractivity contribution < 1.29 is 19.5 Å². The van der Waals surface area contributed by atoms with Gasteiger partial charge in [-0.25, -0.2) is 9.78 Å². The maximum absolute atomic E-state index is 12.9. The molecule has 0 saturated heterocycles. The van der Waals surface area contributed by atoms with Gasteiger partial charge in [-0.2, -0.15) is 0 Å². The highest BCUT2D eigenvalue weighted by Gasteiger charge is 2.31. The van der Waals surface area contributed by atoms with Crippen molar-refractivity contribution in [3.63, 3.8) is 0 Å². The summed E-state index contributed by atoms with van der Waals surface area (Å²) < 4.78 is 0. The van der Waals surface area contributed by atoms with Gasteiger partial charge in [-0.1, -0.05) is 52.3 Å². The number of aromatic amines is 1. The number of carbonyl (C=O) groups excluding carboxylic acids is 2. The Labute approximate surface area is 180 Å². The number of carbonyl (C=O) groups is 3. The molecule has 8 heteroatoms. The first-order chi connectivity index (χ1) is 14.7. The van der Waals surface area contributed by atoms with Crippen molar-refractivity contribution in [1.82, 2.24) is 20.6 Å². The molecule has 0 radical (unpaired) electrons. The normalized spacial score (nSPS) is 14.4. The first-order valence-corrected chi connectivity index (χ1v) is 10.4. The van der Waals surface area contributed by atoms with Crippen LogP contribution in [0.4, 0.5) is 0 Å². The Bertz CT molecular complexity index is 1120. The summed E-state index contributed by atoms with van der Waals surface area (Å²) in [6, 6.07) is 7.54. The van der Waals surface area contributed by atoms with Crippen LogP contribution in [0.15, 0.2) is 36.5 Å². The van der Waals surface area contributed by atoms with Crippen LogP contribution in [0.5, 0.6) is 0 Å². The highest BCUT2D eigenvalue weighted by molar-refractivity contribution is 6.09. The molecule has 31 heavy (non-hydrogen) atoms. The third-order valence-electron chi connectivity index (χ3n) is 5.64. The van der Waals surface area contributed by atoms with Crippen LogP contribution in [-0.2, 0) is 9.59 Å². The predicted octanol–water partition coefficient (Wildman–Crippen LogP) is 3.09. The first kappa shape index (κ1) is 22.3. The van der Waals surface area contributed by atoms with Crippen LogP contribution in [-0.4, -0.2) is 44.9 Å². The number of fused-ring (bicyclic) bond motifs is 3. The van der Waals surface area contributed by atoms with Crippen molar-refractivity contribution in [3.8, 4) is 0 Å². The second kappa shape index (κ2) is 9.16. The number of benzene rings is 1. The Balaban J connectivity index is 1.82. The van der Waals surface area contributed by atoms with Crippen LogP contribution < -0.4 is 10.6 Å². The van der Waals surface area contributed by atoms with Gasteiger partial charge in [0.2, 0.25) is 5.91 Å². The number of aliphatic carboxylic acids is 1. The van der Waals surface area contributed by atoms with Gasteiger partial charge < -0.3 is 20.7 Å². The molecule has 3 atom stereocenters. The Morgan fingerprint density at radius 2 is 1.74 bits per heavy atom. The standard InChI is InChI=1S/C23H28N4O4/c1-5-13(4)20(23(30)31)27-22(29)19(12(2)3)26-21(28)17-10-15-14-8-6-7-9-16(14)25-18(15)11-24-17/h6-13,19-20,25H,5H2,1-4H3,(H,26,28)(H,27,29)(H,30,31). The van der Waals surface area contributed by atoms with Crippen LogP contribution in [0, 0.1) is 11.8 Å². The Morgan fingerprint density at radius 3 is 2.39 bits per heavy atom. The van der Waals surface area contributed by atoms with Crippen molar-refractivity contribution in [2.45, 2.75) is 46.2 Å². The molecule has 0 saturated carbocycles. The molecule has 3 unspecified atom stereocenters. The van der Waals surface area contributed by atoms with E-state index in [-0.39, 0.29) is 17.5 Å². The summed E-state index contributed by atoms with van der Waals surface area (Å²) in [6.45, 7) is 7.21. The van der Waals surface area contributed by atoms with Crippen molar-refractivity contribution >= 4 is 39.6 Å². The number of rotatable bonds is 8. The molecule has 0 fully saturated rings.